The van der Waals surface area contributed by atoms with Gasteiger partial charge in [0.15, 0.2) is 0 Å². The summed E-state index contributed by atoms with van der Waals surface area (Å²) in [5, 5.41) is 14.2. The van der Waals surface area contributed by atoms with Gasteiger partial charge < -0.3 is 30.9 Å². The quantitative estimate of drug-likeness (QED) is 0.125. The first kappa shape index (κ1) is 42.7. The summed E-state index contributed by atoms with van der Waals surface area (Å²) in [4.78, 5) is 82.0. The molecule has 0 radical (unpaired) electrons. The Morgan fingerprint density at radius 3 is 2.30 bits per heavy atom. The van der Waals surface area contributed by atoms with Crippen LogP contribution >= 0.6 is 0 Å². The van der Waals surface area contributed by atoms with Crippen molar-refractivity contribution < 1.29 is 33.5 Å². The van der Waals surface area contributed by atoms with Crippen molar-refractivity contribution in [2.75, 3.05) is 50.4 Å². The number of aromatic nitrogens is 2. The smallest absolute Gasteiger partial charge is 0.262 e. The first-order valence-corrected chi connectivity index (χ1v) is 22.6. The van der Waals surface area contributed by atoms with Crippen LogP contribution in [0.3, 0.4) is 0 Å². The Hall–Kier alpha value is -6.55. The van der Waals surface area contributed by atoms with Crippen LogP contribution in [0.2, 0.25) is 0 Å². The molecule has 0 spiro atoms. The van der Waals surface area contributed by atoms with E-state index in [1.54, 1.807) is 18.2 Å². The van der Waals surface area contributed by atoms with Crippen molar-refractivity contribution in [3.8, 4) is 22.8 Å². The highest BCUT2D eigenvalue weighted by Gasteiger charge is 2.45. The molecule has 3 aromatic carbocycles. The van der Waals surface area contributed by atoms with Crippen LogP contribution in [0.25, 0.3) is 11.3 Å². The van der Waals surface area contributed by atoms with Gasteiger partial charge in [-0.3, -0.25) is 39.0 Å². The van der Waals surface area contributed by atoms with Crippen LogP contribution in [0.4, 0.5) is 11.5 Å². The van der Waals surface area contributed by atoms with Gasteiger partial charge in [-0.2, -0.15) is 5.10 Å². The number of piperidine rings is 2. The van der Waals surface area contributed by atoms with Gasteiger partial charge in [0, 0.05) is 62.9 Å². The van der Waals surface area contributed by atoms with E-state index < -0.39 is 35.6 Å². The van der Waals surface area contributed by atoms with Gasteiger partial charge in [0.1, 0.15) is 34.6 Å². The largest absolute Gasteiger partial charge is 0.457 e. The zero-order valence-corrected chi connectivity index (χ0v) is 36.1. The van der Waals surface area contributed by atoms with Crippen LogP contribution in [-0.4, -0.2) is 112 Å². The fourth-order valence-electron chi connectivity index (χ4n) is 10.3. The van der Waals surface area contributed by atoms with Crippen molar-refractivity contribution in [2.45, 2.75) is 82.3 Å². The SMILES string of the molecule is CN(CCC(=O)N1CCC([C@@H]2CCNc3c(C(N)=O)c(-c4ccc(Oc5ccccc5)cc4)nn32)CC1)CC1CCC(Nc2ccc3c(c2)C(=O)N(C2CCC(=O)NC2=O)C3=O)CC1. The Morgan fingerprint density at radius 2 is 1.58 bits per heavy atom. The van der Waals surface area contributed by atoms with E-state index >= 15 is 0 Å². The summed E-state index contributed by atoms with van der Waals surface area (Å²) in [5.41, 5.74) is 8.98. The minimum Gasteiger partial charge on any atom is -0.457 e. The predicted octanol–water partition coefficient (Wildman–Crippen LogP) is 5.43. The van der Waals surface area contributed by atoms with E-state index in [0.29, 0.717) is 67.3 Å². The number of likely N-dealkylation sites (tertiary alicyclic amines) is 1. The minimum absolute atomic E-state index is 0.0804. The van der Waals surface area contributed by atoms with Crippen LogP contribution in [0.15, 0.2) is 72.8 Å². The molecule has 0 bridgehead atoms. The lowest BCUT2D eigenvalue weighted by Gasteiger charge is -2.38. The van der Waals surface area contributed by atoms with Gasteiger partial charge in [-0.05, 0) is 125 Å². The molecule has 16 nitrogen and oxygen atoms in total. The molecule has 1 aliphatic carbocycles. The van der Waals surface area contributed by atoms with E-state index in [1.165, 1.54) is 0 Å². The van der Waals surface area contributed by atoms with E-state index in [4.69, 9.17) is 15.6 Å². The Labute approximate surface area is 371 Å². The van der Waals surface area contributed by atoms with Gasteiger partial charge in [0.2, 0.25) is 17.7 Å². The number of anilines is 2. The molecular weight excluding hydrogens is 815 g/mol. The number of ether oxygens (including phenoxy) is 1. The third-order valence-corrected chi connectivity index (χ3v) is 13.7. The van der Waals surface area contributed by atoms with Crippen LogP contribution < -0.4 is 26.4 Å². The number of hydrogen-bond acceptors (Lipinski definition) is 11. The fraction of sp³-hybridized carbons (Fsp3) is 0.438. The van der Waals surface area contributed by atoms with Crippen LogP contribution in [0.5, 0.6) is 11.5 Å². The van der Waals surface area contributed by atoms with Crippen molar-refractivity contribution >= 4 is 46.9 Å². The molecule has 1 saturated carbocycles. The Morgan fingerprint density at radius 1 is 0.859 bits per heavy atom. The molecule has 5 heterocycles. The summed E-state index contributed by atoms with van der Waals surface area (Å²) in [5.74, 6) is 0.492. The maximum absolute atomic E-state index is 13.5. The molecule has 2 saturated heterocycles. The van der Waals surface area contributed by atoms with Crippen molar-refractivity contribution in [1.82, 2.24) is 29.8 Å². The number of carbonyl (C=O) groups is 6. The number of nitrogens with zero attached hydrogens (tertiary/aromatic N) is 5. The van der Waals surface area contributed by atoms with Gasteiger partial charge >= 0.3 is 0 Å². The van der Waals surface area contributed by atoms with Gasteiger partial charge in [0.05, 0.1) is 17.2 Å². The number of benzene rings is 3. The number of imide groups is 2. The highest BCUT2D eigenvalue weighted by Crippen LogP contribution is 2.41. The molecule has 6 amide bonds. The van der Waals surface area contributed by atoms with Crippen molar-refractivity contribution in [2.24, 2.45) is 17.6 Å². The molecule has 5 N–H and O–H groups in total. The molecule has 5 aliphatic rings. The highest BCUT2D eigenvalue weighted by molar-refractivity contribution is 6.23. The number of fused-ring (bicyclic) bond motifs is 2. The number of nitrogens with two attached hydrogens (primary N) is 1. The summed E-state index contributed by atoms with van der Waals surface area (Å²) in [6.45, 7) is 3.69. The summed E-state index contributed by atoms with van der Waals surface area (Å²) in [6, 6.07) is 21.5. The fourth-order valence-corrected chi connectivity index (χ4v) is 10.3. The molecule has 3 fully saturated rings. The third-order valence-electron chi connectivity index (χ3n) is 13.7. The number of rotatable bonds is 13. The lowest BCUT2D eigenvalue weighted by Crippen LogP contribution is -2.54. The average molecular weight is 870 g/mol. The van der Waals surface area contributed by atoms with Crippen molar-refractivity contribution in [3.63, 3.8) is 0 Å². The molecule has 1 unspecified atom stereocenters. The van der Waals surface area contributed by atoms with E-state index in [2.05, 4.69) is 27.9 Å². The second-order valence-corrected chi connectivity index (χ2v) is 17.9. The van der Waals surface area contributed by atoms with Gasteiger partial charge in [0.25, 0.3) is 17.7 Å². The third kappa shape index (κ3) is 8.83. The summed E-state index contributed by atoms with van der Waals surface area (Å²) >= 11 is 0. The Balaban J connectivity index is 0.722. The van der Waals surface area contributed by atoms with Crippen LogP contribution in [0, 0.1) is 11.8 Å². The number of carbonyl (C=O) groups excluding carboxylic acids is 6. The van der Waals surface area contributed by atoms with Gasteiger partial charge in [-0.15, -0.1) is 0 Å². The summed E-state index contributed by atoms with van der Waals surface area (Å²) in [6.07, 6.45) is 7.22. The van der Waals surface area contributed by atoms with Gasteiger partial charge in [-0.1, -0.05) is 18.2 Å². The standard InChI is InChI=1S/C48H55N9O7/c1-54(28-29-7-11-32(12-8-29)51-33-13-16-36-37(27-33)48(63)56(47(36)62)39-17-18-40(58)52-46(39)61)24-22-41(59)55-25-20-30(21-26-55)38-19-23-50-45-42(44(49)60)43(53-57(38)45)31-9-14-35(15-10-31)64-34-5-3-2-4-6-34/h2-6,9-10,13-16,27,29-30,32,38-39,50-51H,7-8,11-12,17-26,28H2,1H3,(H2,49,60)(H,52,58,61)/t29?,32?,38-,39?/m0/s1. The van der Waals surface area contributed by atoms with Crippen LogP contribution in [-0.2, 0) is 14.4 Å². The normalized spacial score (nSPS) is 22.5. The number of hydrogen-bond donors (Lipinski definition) is 4. The first-order valence-electron chi connectivity index (χ1n) is 22.6. The van der Waals surface area contributed by atoms with E-state index in [1.807, 2.05) is 64.2 Å². The number of amides is 6. The summed E-state index contributed by atoms with van der Waals surface area (Å²) in [7, 11) is 2.09. The highest BCUT2D eigenvalue weighted by atomic mass is 16.5. The Bertz CT molecular complexity index is 2440. The van der Waals surface area contributed by atoms with Crippen molar-refractivity contribution in [1.29, 1.82) is 0 Å². The van der Waals surface area contributed by atoms with E-state index in [-0.39, 0.29) is 42.0 Å². The van der Waals surface area contributed by atoms with Gasteiger partial charge in [-0.25, -0.2) is 4.68 Å². The number of primary amides is 1. The molecule has 9 rings (SSSR count). The molecule has 1 aromatic heterocycles. The molecule has 334 valence electrons. The lowest BCUT2D eigenvalue weighted by atomic mass is 9.85. The zero-order chi connectivity index (χ0) is 44.5. The lowest BCUT2D eigenvalue weighted by molar-refractivity contribution is -0.136. The summed E-state index contributed by atoms with van der Waals surface area (Å²) < 4.78 is 7.93. The topological polar surface area (TPSA) is 201 Å². The molecule has 16 heteroatoms. The molecular formula is C48H55N9O7. The molecule has 4 aromatic rings. The van der Waals surface area contributed by atoms with Crippen molar-refractivity contribution in [3.05, 3.63) is 89.5 Å². The number of para-hydroxylation sites is 1. The van der Waals surface area contributed by atoms with Crippen LogP contribution in [0.1, 0.15) is 101 Å². The van der Waals surface area contributed by atoms with E-state index in [0.717, 1.165) is 73.4 Å². The maximum Gasteiger partial charge on any atom is 0.262 e. The minimum atomic E-state index is -0.988. The second-order valence-electron chi connectivity index (χ2n) is 17.9. The van der Waals surface area contributed by atoms with E-state index in [9.17, 15) is 28.8 Å². The predicted molar refractivity (Wildman–Crippen MR) is 239 cm³/mol. The molecule has 64 heavy (non-hydrogen) atoms. The average Bonchev–Trinajstić information content (AvgIpc) is 3.81. The maximum atomic E-state index is 13.5. The number of nitrogens with one attached hydrogen (secondary N) is 3. The monoisotopic (exact) mass is 869 g/mol. The molecule has 4 aliphatic heterocycles. The molecule has 2 atom stereocenters. The Kier molecular flexibility index (Phi) is 12.2. The first-order chi connectivity index (χ1) is 31.0. The second kappa shape index (κ2) is 18.3. The zero-order valence-electron chi connectivity index (χ0n) is 36.1.